The fourth-order valence-corrected chi connectivity index (χ4v) is 1.72. The molecule has 2 heterocycles. The van der Waals surface area contributed by atoms with Gasteiger partial charge in [0.1, 0.15) is 17.6 Å². The van der Waals surface area contributed by atoms with Crippen LogP contribution in [-0.4, -0.2) is 10.1 Å². The van der Waals surface area contributed by atoms with Crippen LogP contribution in [-0.2, 0) is 12.8 Å². The molecule has 0 amide bonds. The van der Waals surface area contributed by atoms with Crippen molar-refractivity contribution in [3.05, 3.63) is 53.2 Å². The lowest BCUT2D eigenvalue weighted by Crippen LogP contribution is -2.02. The van der Waals surface area contributed by atoms with Gasteiger partial charge in [0.25, 0.3) is 0 Å². The van der Waals surface area contributed by atoms with Gasteiger partial charge in [-0.15, -0.1) is 0 Å². The molecule has 0 aliphatic heterocycles. The van der Waals surface area contributed by atoms with Crippen molar-refractivity contribution in [3.63, 3.8) is 0 Å². The molecule has 0 aromatic carbocycles. The first-order chi connectivity index (χ1) is 8.19. The Hall–Kier alpha value is -1.61. The first-order valence-corrected chi connectivity index (χ1v) is 5.87. The molecule has 2 aromatic rings. The maximum Gasteiger partial charge on any atom is 0.133 e. The number of nitrogens with zero attached hydrogens (tertiary/aromatic N) is 1. The maximum atomic E-state index is 9.98. The van der Waals surface area contributed by atoms with E-state index in [2.05, 4.69) is 11.9 Å². The van der Waals surface area contributed by atoms with Crippen molar-refractivity contribution in [2.45, 2.75) is 32.8 Å². The molecular weight excluding hydrogens is 214 g/mol. The highest BCUT2D eigenvalue weighted by Crippen LogP contribution is 2.19. The molecule has 0 bridgehead atoms. The van der Waals surface area contributed by atoms with Crippen molar-refractivity contribution in [1.82, 2.24) is 4.98 Å². The average molecular weight is 231 g/mol. The monoisotopic (exact) mass is 231 g/mol. The number of aryl methyl sites for hydroxylation is 2. The van der Waals surface area contributed by atoms with Crippen LogP contribution in [0.15, 0.2) is 34.9 Å². The summed E-state index contributed by atoms with van der Waals surface area (Å²) in [7, 11) is 0. The third kappa shape index (κ3) is 2.94. The largest absolute Gasteiger partial charge is 0.464 e. The first kappa shape index (κ1) is 11.9. The summed E-state index contributed by atoms with van der Waals surface area (Å²) in [6.45, 7) is 3.96. The molecule has 2 aromatic heterocycles. The number of aliphatic hydroxyl groups is 1. The van der Waals surface area contributed by atoms with E-state index in [1.807, 2.05) is 31.3 Å². The number of aromatic nitrogens is 1. The Morgan fingerprint density at radius 1 is 1.29 bits per heavy atom. The predicted octanol–water partition coefficient (Wildman–Crippen LogP) is 2.82. The second kappa shape index (κ2) is 5.15. The molecule has 0 fully saturated rings. The number of pyridine rings is 1. The van der Waals surface area contributed by atoms with Gasteiger partial charge >= 0.3 is 0 Å². The van der Waals surface area contributed by atoms with Crippen LogP contribution in [0.5, 0.6) is 0 Å². The van der Waals surface area contributed by atoms with Gasteiger partial charge in [0.2, 0.25) is 0 Å². The van der Waals surface area contributed by atoms with Gasteiger partial charge in [0.15, 0.2) is 0 Å². The summed E-state index contributed by atoms with van der Waals surface area (Å²) in [6.07, 6.45) is 2.70. The first-order valence-electron chi connectivity index (χ1n) is 5.87. The molecule has 90 valence electrons. The molecule has 0 radical (unpaired) electrons. The molecule has 17 heavy (non-hydrogen) atoms. The minimum Gasteiger partial charge on any atom is -0.464 e. The predicted molar refractivity (Wildman–Crippen MR) is 65.7 cm³/mol. The van der Waals surface area contributed by atoms with Crippen molar-refractivity contribution in [2.24, 2.45) is 0 Å². The van der Waals surface area contributed by atoms with Crippen molar-refractivity contribution in [2.75, 3.05) is 0 Å². The number of aliphatic hydroxyl groups excluding tert-OH is 1. The summed E-state index contributed by atoms with van der Waals surface area (Å²) in [6, 6.07) is 7.66. The lowest BCUT2D eigenvalue weighted by molar-refractivity contribution is 0.147. The zero-order valence-corrected chi connectivity index (χ0v) is 10.2. The standard InChI is InChI=1S/C14H17NO2/c1-3-11-5-6-12(15-9-11)8-13(16)14-7-4-10(2)17-14/h4-7,9,13,16H,3,8H2,1-2H3. The van der Waals surface area contributed by atoms with E-state index >= 15 is 0 Å². The fourth-order valence-electron chi connectivity index (χ4n) is 1.72. The highest BCUT2D eigenvalue weighted by Gasteiger charge is 2.12. The molecule has 3 nitrogen and oxygen atoms in total. The third-order valence-electron chi connectivity index (χ3n) is 2.79. The molecule has 0 saturated heterocycles. The minimum absolute atomic E-state index is 0.483. The molecule has 0 saturated carbocycles. The van der Waals surface area contributed by atoms with Crippen LogP contribution in [0.2, 0.25) is 0 Å². The fraction of sp³-hybridized carbons (Fsp3) is 0.357. The second-order valence-corrected chi connectivity index (χ2v) is 4.18. The van der Waals surface area contributed by atoms with Crippen LogP contribution >= 0.6 is 0 Å². The van der Waals surface area contributed by atoms with E-state index in [4.69, 9.17) is 4.42 Å². The number of hydrogen-bond acceptors (Lipinski definition) is 3. The normalized spacial score (nSPS) is 12.6. The highest BCUT2D eigenvalue weighted by atomic mass is 16.4. The number of furan rings is 1. The van der Waals surface area contributed by atoms with Crippen LogP contribution in [0.3, 0.4) is 0 Å². The van der Waals surface area contributed by atoms with Crippen LogP contribution in [0.1, 0.15) is 35.8 Å². The molecular formula is C14H17NO2. The molecule has 1 unspecified atom stereocenters. The third-order valence-corrected chi connectivity index (χ3v) is 2.79. The zero-order valence-electron chi connectivity index (χ0n) is 10.2. The Bertz CT molecular complexity index is 473. The molecule has 0 aliphatic rings. The molecule has 1 N–H and O–H groups in total. The average Bonchev–Trinajstić information content (AvgIpc) is 2.77. The summed E-state index contributed by atoms with van der Waals surface area (Å²) in [4.78, 5) is 4.32. The van der Waals surface area contributed by atoms with E-state index in [-0.39, 0.29) is 0 Å². The van der Waals surface area contributed by atoms with Gasteiger partial charge in [0.05, 0.1) is 0 Å². The molecule has 3 heteroatoms. The summed E-state index contributed by atoms with van der Waals surface area (Å²) >= 11 is 0. The van der Waals surface area contributed by atoms with Crippen molar-refractivity contribution in [1.29, 1.82) is 0 Å². The van der Waals surface area contributed by atoms with Gasteiger partial charge in [-0.05, 0) is 37.1 Å². The lowest BCUT2D eigenvalue weighted by Gasteiger charge is -2.07. The van der Waals surface area contributed by atoms with Gasteiger partial charge in [0, 0.05) is 18.3 Å². The van der Waals surface area contributed by atoms with Gasteiger partial charge in [-0.2, -0.15) is 0 Å². The Labute approximate surface area is 101 Å². The topological polar surface area (TPSA) is 46.3 Å². The SMILES string of the molecule is CCc1ccc(CC(O)c2ccc(C)o2)nc1. The summed E-state index contributed by atoms with van der Waals surface area (Å²) in [5.41, 5.74) is 2.08. The Morgan fingerprint density at radius 3 is 2.65 bits per heavy atom. The zero-order chi connectivity index (χ0) is 12.3. The Balaban J connectivity index is 2.04. The minimum atomic E-state index is -0.622. The van der Waals surface area contributed by atoms with Crippen molar-refractivity contribution in [3.8, 4) is 0 Å². The Morgan fingerprint density at radius 2 is 2.12 bits per heavy atom. The van der Waals surface area contributed by atoms with Crippen LogP contribution in [0, 0.1) is 6.92 Å². The maximum absolute atomic E-state index is 9.98. The van der Waals surface area contributed by atoms with Gasteiger partial charge in [-0.25, -0.2) is 0 Å². The van der Waals surface area contributed by atoms with E-state index < -0.39 is 6.10 Å². The van der Waals surface area contributed by atoms with Crippen molar-refractivity contribution >= 4 is 0 Å². The van der Waals surface area contributed by atoms with E-state index in [0.29, 0.717) is 12.2 Å². The number of rotatable bonds is 4. The quantitative estimate of drug-likeness (QED) is 0.880. The second-order valence-electron chi connectivity index (χ2n) is 4.18. The van der Waals surface area contributed by atoms with Gasteiger partial charge < -0.3 is 9.52 Å². The van der Waals surface area contributed by atoms with Crippen LogP contribution in [0.25, 0.3) is 0 Å². The van der Waals surface area contributed by atoms with Gasteiger partial charge in [-0.1, -0.05) is 13.0 Å². The van der Waals surface area contributed by atoms with Crippen molar-refractivity contribution < 1.29 is 9.52 Å². The van der Waals surface area contributed by atoms with E-state index in [0.717, 1.165) is 17.9 Å². The highest BCUT2D eigenvalue weighted by molar-refractivity contribution is 5.16. The Kier molecular flexibility index (Phi) is 3.59. The molecule has 2 rings (SSSR count). The summed E-state index contributed by atoms with van der Waals surface area (Å²) < 4.78 is 5.38. The van der Waals surface area contributed by atoms with E-state index in [1.54, 1.807) is 6.07 Å². The van der Waals surface area contributed by atoms with E-state index in [1.165, 1.54) is 5.56 Å². The molecule has 0 aliphatic carbocycles. The summed E-state index contributed by atoms with van der Waals surface area (Å²) in [5.74, 6) is 1.41. The molecule has 1 atom stereocenters. The number of hydrogen-bond donors (Lipinski definition) is 1. The van der Waals surface area contributed by atoms with Crippen LogP contribution < -0.4 is 0 Å². The smallest absolute Gasteiger partial charge is 0.133 e. The summed E-state index contributed by atoms with van der Waals surface area (Å²) in [5, 5.41) is 9.98. The lowest BCUT2D eigenvalue weighted by atomic mass is 10.1. The van der Waals surface area contributed by atoms with Gasteiger partial charge in [-0.3, -0.25) is 4.98 Å². The van der Waals surface area contributed by atoms with E-state index in [9.17, 15) is 5.11 Å². The van der Waals surface area contributed by atoms with Crippen LogP contribution in [0.4, 0.5) is 0 Å². The molecule has 0 spiro atoms.